The number of thiophene rings is 1. The molecule has 140 valence electrons. The molecule has 1 aromatic carbocycles. The second kappa shape index (κ2) is 6.36. The van der Waals surface area contributed by atoms with Gasteiger partial charge in [0.25, 0.3) is 0 Å². The lowest BCUT2D eigenvalue weighted by Crippen LogP contribution is -2.39. The van der Waals surface area contributed by atoms with E-state index in [2.05, 4.69) is 10.5 Å². The molecule has 1 N–H and O–H groups in total. The van der Waals surface area contributed by atoms with Gasteiger partial charge in [-0.1, -0.05) is 5.16 Å². The van der Waals surface area contributed by atoms with E-state index < -0.39 is 10.1 Å². The molecule has 4 heterocycles. The molecule has 5 rings (SSSR count). The lowest BCUT2D eigenvalue weighted by atomic mass is 9.90. The van der Waals surface area contributed by atoms with Gasteiger partial charge in [-0.3, -0.25) is 0 Å². The van der Waals surface area contributed by atoms with E-state index >= 15 is 0 Å². The molecule has 2 atom stereocenters. The highest BCUT2D eigenvalue weighted by molar-refractivity contribution is 7.89. The van der Waals surface area contributed by atoms with Crippen molar-refractivity contribution in [2.24, 2.45) is 0 Å². The molecule has 0 amide bonds. The van der Waals surface area contributed by atoms with Gasteiger partial charge in [0, 0.05) is 24.1 Å². The number of nitrogens with one attached hydrogen (secondary N) is 1. The number of aromatic nitrogens is 1. The Morgan fingerprint density at radius 2 is 2.15 bits per heavy atom. The van der Waals surface area contributed by atoms with Crippen molar-refractivity contribution in [2.45, 2.75) is 22.7 Å². The molecule has 0 saturated carbocycles. The number of hydrogen-bond acceptors (Lipinski definition) is 8. The van der Waals surface area contributed by atoms with Gasteiger partial charge in [0.05, 0.1) is 4.88 Å². The van der Waals surface area contributed by atoms with E-state index in [1.165, 1.54) is 12.3 Å². The minimum Gasteiger partial charge on any atom is -0.488 e. The Balaban J connectivity index is 1.40. The van der Waals surface area contributed by atoms with Gasteiger partial charge in [0.1, 0.15) is 29.6 Å². The fourth-order valence-electron chi connectivity index (χ4n) is 3.55. The molecule has 2 unspecified atom stereocenters. The number of ether oxygens (including phenoxy) is 1. The summed E-state index contributed by atoms with van der Waals surface area (Å²) in [5.41, 5.74) is 1.61. The number of fused-ring (bicyclic) bond motifs is 3. The Bertz CT molecular complexity index is 1080. The highest BCUT2D eigenvalue weighted by Crippen LogP contribution is 2.43. The zero-order valence-corrected chi connectivity index (χ0v) is 15.8. The molecular weight excluding hydrogens is 388 g/mol. The Labute approximate surface area is 160 Å². The van der Waals surface area contributed by atoms with Gasteiger partial charge < -0.3 is 18.8 Å². The normalized spacial score (nSPS) is 21.3. The van der Waals surface area contributed by atoms with Crippen molar-refractivity contribution in [1.29, 1.82) is 0 Å². The van der Waals surface area contributed by atoms with Crippen LogP contribution in [0.15, 0.2) is 51.4 Å². The molecule has 1 saturated heterocycles. The summed E-state index contributed by atoms with van der Waals surface area (Å²) in [6.45, 7) is 1.72. The van der Waals surface area contributed by atoms with Crippen LogP contribution in [-0.2, 0) is 10.1 Å². The monoisotopic (exact) mass is 404 g/mol. The fraction of sp³-hybridized carbons (Fsp3) is 0.278. The third-order valence-electron chi connectivity index (χ3n) is 4.81. The van der Waals surface area contributed by atoms with Crippen LogP contribution in [0.3, 0.4) is 0 Å². The van der Waals surface area contributed by atoms with E-state index in [0.717, 1.165) is 42.2 Å². The number of rotatable bonds is 4. The molecule has 1 fully saturated rings. The highest BCUT2D eigenvalue weighted by atomic mass is 32.3. The van der Waals surface area contributed by atoms with Crippen LogP contribution in [-0.4, -0.2) is 32.8 Å². The van der Waals surface area contributed by atoms with Crippen LogP contribution in [0, 0.1) is 0 Å². The average Bonchev–Trinajstić information content (AvgIpc) is 3.40. The summed E-state index contributed by atoms with van der Waals surface area (Å²) in [5.74, 6) is 1.38. The average molecular weight is 404 g/mol. The highest BCUT2D eigenvalue weighted by Gasteiger charge is 2.36. The maximum Gasteiger partial charge on any atom is 0.348 e. The summed E-state index contributed by atoms with van der Waals surface area (Å²) in [7, 11) is -3.92. The van der Waals surface area contributed by atoms with Crippen LogP contribution < -0.4 is 14.2 Å². The summed E-state index contributed by atoms with van der Waals surface area (Å²) in [4.78, 5) is 0.700. The summed E-state index contributed by atoms with van der Waals surface area (Å²) in [6.07, 6.45) is 2.50. The number of nitrogens with zero attached hydrogens (tertiary/aromatic N) is 1. The minimum absolute atomic E-state index is 0.0999. The molecule has 27 heavy (non-hydrogen) atoms. The van der Waals surface area contributed by atoms with Crippen molar-refractivity contribution in [3.63, 3.8) is 0 Å². The molecule has 2 aromatic heterocycles. The summed E-state index contributed by atoms with van der Waals surface area (Å²) in [6, 6.07) is 10.1. The molecule has 0 spiro atoms. The van der Waals surface area contributed by atoms with Crippen molar-refractivity contribution in [2.75, 3.05) is 13.1 Å². The first kappa shape index (κ1) is 16.8. The van der Waals surface area contributed by atoms with Gasteiger partial charge in [-0.15, -0.1) is 11.3 Å². The molecule has 2 aliphatic rings. The predicted octanol–water partition coefficient (Wildman–Crippen LogP) is 3.01. The second-order valence-corrected chi connectivity index (χ2v) is 9.35. The number of benzene rings is 1. The van der Waals surface area contributed by atoms with Gasteiger partial charge in [-0.05, 0) is 43.3 Å². The first-order valence-corrected chi connectivity index (χ1v) is 10.8. The van der Waals surface area contributed by atoms with E-state index in [1.54, 1.807) is 30.3 Å². The summed E-state index contributed by atoms with van der Waals surface area (Å²) < 4.78 is 41.6. The molecule has 9 heteroatoms. The quantitative estimate of drug-likeness (QED) is 0.669. The zero-order valence-electron chi connectivity index (χ0n) is 14.1. The maximum atomic E-state index is 12.7. The topological polar surface area (TPSA) is 90.7 Å². The first-order valence-electron chi connectivity index (χ1n) is 8.56. The van der Waals surface area contributed by atoms with E-state index in [9.17, 15) is 8.42 Å². The van der Waals surface area contributed by atoms with Gasteiger partial charge in [0.15, 0.2) is 4.21 Å². The van der Waals surface area contributed by atoms with E-state index in [1.807, 2.05) is 0 Å². The number of hydrogen-bond donors (Lipinski definition) is 1. The first-order chi connectivity index (χ1) is 13.1. The molecule has 2 aliphatic heterocycles. The zero-order chi connectivity index (χ0) is 18.4. The second-order valence-electron chi connectivity index (χ2n) is 6.50. The van der Waals surface area contributed by atoms with Crippen LogP contribution >= 0.6 is 11.3 Å². The molecule has 0 aliphatic carbocycles. The van der Waals surface area contributed by atoms with Crippen molar-refractivity contribution in [3.05, 3.63) is 48.2 Å². The Hall–Kier alpha value is -2.36. The lowest BCUT2D eigenvalue weighted by molar-refractivity contribution is 0.177. The van der Waals surface area contributed by atoms with Crippen LogP contribution in [0.1, 0.15) is 17.9 Å². The molecule has 0 radical (unpaired) electrons. The van der Waals surface area contributed by atoms with Crippen LogP contribution in [0.5, 0.6) is 11.5 Å². The SMILES string of the molecule is O=S(=O)(Oc1ccc2c(c1)C1CCNCC1O2)c1ccc(-c2ccon2)s1. The van der Waals surface area contributed by atoms with E-state index in [4.69, 9.17) is 13.4 Å². The van der Waals surface area contributed by atoms with Crippen molar-refractivity contribution >= 4 is 21.5 Å². The molecular formula is C18H16N2O5S2. The minimum atomic E-state index is -3.92. The Morgan fingerprint density at radius 3 is 3.00 bits per heavy atom. The summed E-state index contributed by atoms with van der Waals surface area (Å²) >= 11 is 1.09. The van der Waals surface area contributed by atoms with E-state index in [-0.39, 0.29) is 16.2 Å². The van der Waals surface area contributed by atoms with Gasteiger partial charge >= 0.3 is 10.1 Å². The smallest absolute Gasteiger partial charge is 0.348 e. The fourth-order valence-corrected chi connectivity index (χ4v) is 5.70. The molecule has 7 nitrogen and oxygen atoms in total. The standard InChI is InChI=1S/C18H16N2O5S2/c21-27(22,18-4-3-17(26-18)14-6-8-23-20-14)25-11-1-2-15-13(9-11)12-5-7-19-10-16(12)24-15/h1-4,6,8-9,12,16,19H,5,7,10H2. The number of piperidine rings is 1. The van der Waals surface area contributed by atoms with Crippen molar-refractivity contribution < 1.29 is 21.9 Å². The third-order valence-corrected chi connectivity index (χ3v) is 7.61. The largest absolute Gasteiger partial charge is 0.488 e. The third kappa shape index (κ3) is 3.01. The maximum absolute atomic E-state index is 12.7. The molecule has 0 bridgehead atoms. The van der Waals surface area contributed by atoms with Gasteiger partial charge in [-0.25, -0.2) is 0 Å². The van der Waals surface area contributed by atoms with E-state index in [0.29, 0.717) is 16.3 Å². The van der Waals surface area contributed by atoms with Crippen LogP contribution in [0.25, 0.3) is 10.6 Å². The van der Waals surface area contributed by atoms with Crippen LogP contribution in [0.4, 0.5) is 0 Å². The molecule has 3 aromatic rings. The summed E-state index contributed by atoms with van der Waals surface area (Å²) in [5, 5.41) is 7.14. The van der Waals surface area contributed by atoms with Gasteiger partial charge in [0.2, 0.25) is 0 Å². The van der Waals surface area contributed by atoms with Crippen LogP contribution in [0.2, 0.25) is 0 Å². The van der Waals surface area contributed by atoms with Crippen molar-refractivity contribution in [1.82, 2.24) is 10.5 Å². The Morgan fingerprint density at radius 1 is 1.22 bits per heavy atom. The lowest BCUT2D eigenvalue weighted by Gasteiger charge is -2.24. The van der Waals surface area contributed by atoms with Crippen molar-refractivity contribution in [3.8, 4) is 22.1 Å². The van der Waals surface area contributed by atoms with Gasteiger partial charge in [-0.2, -0.15) is 8.42 Å². The Kier molecular flexibility index (Phi) is 3.96. The predicted molar refractivity (Wildman–Crippen MR) is 98.7 cm³/mol.